The zero-order valence-electron chi connectivity index (χ0n) is 12.9. The molecule has 0 radical (unpaired) electrons. The van der Waals surface area contributed by atoms with E-state index in [9.17, 15) is 22.8 Å². The van der Waals surface area contributed by atoms with Crippen molar-refractivity contribution in [2.45, 2.75) is 13.1 Å². The first-order valence-electron chi connectivity index (χ1n) is 6.83. The maximum absolute atomic E-state index is 13.1. The van der Waals surface area contributed by atoms with Crippen molar-refractivity contribution in [3.8, 4) is 11.6 Å². The van der Waals surface area contributed by atoms with E-state index in [2.05, 4.69) is 15.0 Å². The lowest BCUT2D eigenvalue weighted by Crippen LogP contribution is -2.31. The molecule has 1 N–H and O–H groups in total. The van der Waals surface area contributed by atoms with Gasteiger partial charge >= 0.3 is 11.9 Å². The highest BCUT2D eigenvalue weighted by Crippen LogP contribution is 2.32. The van der Waals surface area contributed by atoms with E-state index >= 15 is 0 Å². The van der Waals surface area contributed by atoms with Crippen LogP contribution in [0, 0.1) is 6.92 Å². The van der Waals surface area contributed by atoms with Gasteiger partial charge in [-0.15, -0.1) is 0 Å². The zero-order chi connectivity index (χ0) is 18.4. The number of aromatic nitrogens is 5. The fourth-order valence-corrected chi connectivity index (χ4v) is 2.32. The Morgan fingerprint density at radius 3 is 2.48 bits per heavy atom. The van der Waals surface area contributed by atoms with Gasteiger partial charge in [0.2, 0.25) is 0 Å². The standard InChI is InChI=1S/C14H10F3N5O3/c1-6-10(19-4-3-18-6)22-11-9(12(23)21-13(22)24)7(25-2)5-8(20-11)14(15,16)17/h3-5H,1-2H3,(H,21,23,24). The van der Waals surface area contributed by atoms with Gasteiger partial charge in [0.25, 0.3) is 5.56 Å². The third kappa shape index (κ3) is 2.73. The van der Waals surface area contributed by atoms with Crippen molar-refractivity contribution in [2.75, 3.05) is 7.11 Å². The van der Waals surface area contributed by atoms with Gasteiger partial charge in [-0.25, -0.2) is 19.3 Å². The van der Waals surface area contributed by atoms with Crippen LogP contribution in [-0.2, 0) is 6.18 Å². The lowest BCUT2D eigenvalue weighted by atomic mass is 10.2. The largest absolute Gasteiger partial charge is 0.496 e. The van der Waals surface area contributed by atoms with Gasteiger partial charge in [-0.2, -0.15) is 13.2 Å². The molecule has 3 rings (SSSR count). The van der Waals surface area contributed by atoms with Crippen molar-refractivity contribution >= 4 is 11.0 Å². The normalized spacial score (nSPS) is 11.7. The number of hydrogen-bond acceptors (Lipinski definition) is 6. The third-order valence-corrected chi connectivity index (χ3v) is 3.40. The van der Waals surface area contributed by atoms with Crippen LogP contribution in [0.1, 0.15) is 11.4 Å². The van der Waals surface area contributed by atoms with Crippen molar-refractivity contribution in [3.63, 3.8) is 0 Å². The monoisotopic (exact) mass is 353 g/mol. The van der Waals surface area contributed by atoms with Crippen molar-refractivity contribution in [3.05, 3.63) is 50.7 Å². The van der Waals surface area contributed by atoms with Crippen LogP contribution in [0.15, 0.2) is 28.0 Å². The average Bonchev–Trinajstić information content (AvgIpc) is 2.54. The summed E-state index contributed by atoms with van der Waals surface area (Å²) in [5.74, 6) is -0.420. The number of fused-ring (bicyclic) bond motifs is 1. The summed E-state index contributed by atoms with van der Waals surface area (Å²) in [6.07, 6.45) is -2.19. The van der Waals surface area contributed by atoms with Gasteiger partial charge in [-0.1, -0.05) is 0 Å². The van der Waals surface area contributed by atoms with E-state index in [1.54, 1.807) is 0 Å². The molecule has 0 aliphatic rings. The predicted octanol–water partition coefficient (Wildman–Crippen LogP) is 1.20. The highest BCUT2D eigenvalue weighted by Gasteiger charge is 2.35. The quantitative estimate of drug-likeness (QED) is 0.743. The molecule has 0 aromatic carbocycles. The highest BCUT2D eigenvalue weighted by molar-refractivity contribution is 5.82. The van der Waals surface area contributed by atoms with Crippen molar-refractivity contribution in [2.24, 2.45) is 0 Å². The van der Waals surface area contributed by atoms with E-state index in [0.29, 0.717) is 6.07 Å². The lowest BCUT2D eigenvalue weighted by molar-refractivity contribution is -0.141. The fourth-order valence-electron chi connectivity index (χ4n) is 2.32. The number of aromatic amines is 1. The van der Waals surface area contributed by atoms with Gasteiger partial charge in [0.05, 0.1) is 12.8 Å². The van der Waals surface area contributed by atoms with E-state index in [1.807, 2.05) is 4.98 Å². The number of nitrogens with zero attached hydrogens (tertiary/aromatic N) is 4. The highest BCUT2D eigenvalue weighted by atomic mass is 19.4. The minimum absolute atomic E-state index is 0.0531. The van der Waals surface area contributed by atoms with Crippen LogP contribution in [0.2, 0.25) is 0 Å². The average molecular weight is 353 g/mol. The van der Waals surface area contributed by atoms with Crippen LogP contribution in [0.3, 0.4) is 0 Å². The predicted molar refractivity (Wildman–Crippen MR) is 79.8 cm³/mol. The first kappa shape index (κ1) is 16.6. The third-order valence-electron chi connectivity index (χ3n) is 3.40. The molecule has 3 aromatic rings. The lowest BCUT2D eigenvalue weighted by Gasteiger charge is -2.14. The van der Waals surface area contributed by atoms with Gasteiger partial charge in [0.1, 0.15) is 11.1 Å². The second-order valence-electron chi connectivity index (χ2n) is 4.97. The molecule has 0 saturated carbocycles. The Morgan fingerprint density at radius 2 is 1.88 bits per heavy atom. The number of ether oxygens (including phenoxy) is 1. The molecule has 11 heteroatoms. The van der Waals surface area contributed by atoms with Crippen molar-refractivity contribution in [1.82, 2.24) is 24.5 Å². The molecule has 0 aliphatic carbocycles. The molecule has 0 saturated heterocycles. The summed E-state index contributed by atoms with van der Waals surface area (Å²) in [5.41, 5.74) is -3.48. The molecule has 130 valence electrons. The summed E-state index contributed by atoms with van der Waals surface area (Å²) in [5, 5.41) is -0.305. The number of pyridine rings is 1. The van der Waals surface area contributed by atoms with Crippen LogP contribution in [0.25, 0.3) is 16.9 Å². The van der Waals surface area contributed by atoms with Crippen LogP contribution in [-0.4, -0.2) is 31.6 Å². The number of alkyl halides is 3. The van der Waals surface area contributed by atoms with Crippen LogP contribution < -0.4 is 16.0 Å². The first-order chi connectivity index (χ1) is 11.7. The number of halogens is 3. The van der Waals surface area contributed by atoms with Crippen LogP contribution in [0.5, 0.6) is 5.75 Å². The number of aryl methyl sites for hydroxylation is 1. The Hall–Kier alpha value is -3.24. The molecule has 0 fully saturated rings. The Kier molecular flexibility index (Phi) is 3.78. The molecule has 0 atom stereocenters. The molecule has 3 aromatic heterocycles. The summed E-state index contributed by atoms with van der Waals surface area (Å²) in [4.78, 5) is 37.7. The smallest absolute Gasteiger partial charge is 0.433 e. The van der Waals surface area contributed by atoms with E-state index in [1.165, 1.54) is 19.3 Å². The number of nitrogens with one attached hydrogen (secondary N) is 1. The number of H-pyrrole nitrogens is 1. The van der Waals surface area contributed by atoms with E-state index in [4.69, 9.17) is 4.74 Å². The minimum atomic E-state index is -4.80. The topological polar surface area (TPSA) is 103 Å². The number of hydrogen-bond donors (Lipinski definition) is 1. The second-order valence-corrected chi connectivity index (χ2v) is 4.97. The molecule has 0 spiro atoms. The van der Waals surface area contributed by atoms with Crippen molar-refractivity contribution in [1.29, 1.82) is 0 Å². The van der Waals surface area contributed by atoms with E-state index < -0.39 is 28.8 Å². The Morgan fingerprint density at radius 1 is 1.20 bits per heavy atom. The molecule has 8 nitrogen and oxygen atoms in total. The molecule has 0 bridgehead atoms. The summed E-state index contributed by atoms with van der Waals surface area (Å²) in [6, 6.07) is 0.593. The Bertz CT molecular complexity index is 1090. The van der Waals surface area contributed by atoms with Gasteiger partial charge in [-0.05, 0) is 6.92 Å². The fraction of sp³-hybridized carbons (Fsp3) is 0.214. The van der Waals surface area contributed by atoms with Crippen LogP contribution in [0.4, 0.5) is 13.2 Å². The summed E-state index contributed by atoms with van der Waals surface area (Å²) >= 11 is 0. The van der Waals surface area contributed by atoms with E-state index in [-0.39, 0.29) is 22.6 Å². The first-order valence-corrected chi connectivity index (χ1v) is 6.83. The van der Waals surface area contributed by atoms with Gasteiger partial charge < -0.3 is 4.74 Å². The number of methoxy groups -OCH3 is 1. The second kappa shape index (κ2) is 5.69. The maximum Gasteiger partial charge on any atom is 0.433 e. The molecule has 0 aliphatic heterocycles. The summed E-state index contributed by atoms with van der Waals surface area (Å²) in [7, 11) is 1.11. The zero-order valence-corrected chi connectivity index (χ0v) is 12.9. The Balaban J connectivity index is 2.56. The molecule has 25 heavy (non-hydrogen) atoms. The summed E-state index contributed by atoms with van der Waals surface area (Å²) < 4.78 is 45.0. The maximum atomic E-state index is 13.1. The number of rotatable bonds is 2. The molecular weight excluding hydrogens is 343 g/mol. The molecular formula is C14H10F3N5O3. The molecule has 0 unspecified atom stereocenters. The molecule has 3 heterocycles. The summed E-state index contributed by atoms with van der Waals surface area (Å²) in [6.45, 7) is 1.51. The minimum Gasteiger partial charge on any atom is -0.496 e. The molecule has 0 amide bonds. The van der Waals surface area contributed by atoms with Gasteiger partial charge in [0, 0.05) is 18.5 Å². The van der Waals surface area contributed by atoms with Gasteiger partial charge in [-0.3, -0.25) is 14.8 Å². The Labute approximate surface area is 137 Å². The van der Waals surface area contributed by atoms with Crippen molar-refractivity contribution < 1.29 is 17.9 Å². The van der Waals surface area contributed by atoms with E-state index in [0.717, 1.165) is 11.7 Å². The van der Waals surface area contributed by atoms with Gasteiger partial charge in [0.15, 0.2) is 17.2 Å². The van der Waals surface area contributed by atoms with Crippen LogP contribution >= 0.6 is 0 Å². The SMILES string of the molecule is COc1cc(C(F)(F)F)nc2c1c(=O)[nH]c(=O)n2-c1nccnc1C.